The van der Waals surface area contributed by atoms with E-state index < -0.39 is 4.92 Å². The molecule has 15 heavy (non-hydrogen) atoms. The predicted molar refractivity (Wildman–Crippen MR) is 60.7 cm³/mol. The Morgan fingerprint density at radius 3 is 2.53 bits per heavy atom. The number of nitrogens with zero attached hydrogens (tertiary/aromatic N) is 1. The number of rotatable bonds is 4. The van der Waals surface area contributed by atoms with Crippen molar-refractivity contribution in [3.8, 4) is 0 Å². The van der Waals surface area contributed by atoms with Gasteiger partial charge in [-0.2, -0.15) is 0 Å². The summed E-state index contributed by atoms with van der Waals surface area (Å²) >= 11 is 0. The highest BCUT2D eigenvalue weighted by molar-refractivity contribution is 5.54. The minimum absolute atomic E-state index is 0.124. The van der Waals surface area contributed by atoms with Gasteiger partial charge in [0.2, 0.25) is 0 Å². The number of likely N-dealkylation sites (N-methyl/N-ethyl adjacent to an activating group) is 1. The van der Waals surface area contributed by atoms with Gasteiger partial charge in [-0.25, -0.2) is 0 Å². The maximum absolute atomic E-state index is 10.4. The molecule has 0 bridgehead atoms. The highest BCUT2D eigenvalue weighted by Crippen LogP contribution is 2.13. The zero-order valence-electron chi connectivity index (χ0n) is 8.86. The molecular formula is C11H14N2O2. The molecule has 0 aliphatic heterocycles. The van der Waals surface area contributed by atoms with Crippen molar-refractivity contribution < 1.29 is 4.92 Å². The monoisotopic (exact) mass is 206 g/mol. The summed E-state index contributed by atoms with van der Waals surface area (Å²) in [4.78, 5) is 10.0. The Hall–Kier alpha value is -1.68. The predicted octanol–water partition coefficient (Wildman–Crippen LogP) is 2.22. The van der Waals surface area contributed by atoms with Crippen LogP contribution in [0.4, 0.5) is 5.69 Å². The first-order chi connectivity index (χ1) is 7.13. The number of hydrogen-bond acceptors (Lipinski definition) is 3. The first-order valence-electron chi connectivity index (χ1n) is 4.69. The summed E-state index contributed by atoms with van der Waals surface area (Å²) in [5, 5.41) is 13.5. The van der Waals surface area contributed by atoms with Crippen molar-refractivity contribution in [2.45, 2.75) is 6.92 Å². The van der Waals surface area contributed by atoms with Gasteiger partial charge >= 0.3 is 0 Å². The molecule has 0 spiro atoms. The van der Waals surface area contributed by atoms with Crippen molar-refractivity contribution in [2.75, 3.05) is 13.6 Å². The number of hydrogen-bond donors (Lipinski definition) is 1. The standard InChI is InChI=1S/C11H14N2O2/c1-9(8-12-2)7-10-3-5-11(6-4-10)13(14)15/h3-7,12H,8H2,1-2H3. The van der Waals surface area contributed by atoms with Crippen LogP contribution in [-0.4, -0.2) is 18.5 Å². The molecule has 0 aliphatic rings. The minimum atomic E-state index is -0.395. The van der Waals surface area contributed by atoms with Gasteiger partial charge in [0.25, 0.3) is 5.69 Å². The van der Waals surface area contributed by atoms with Crippen LogP contribution in [0, 0.1) is 10.1 Å². The fourth-order valence-electron chi connectivity index (χ4n) is 1.31. The summed E-state index contributed by atoms with van der Waals surface area (Å²) in [6.07, 6.45) is 2.00. The second-order valence-corrected chi connectivity index (χ2v) is 3.37. The molecule has 0 aromatic heterocycles. The van der Waals surface area contributed by atoms with Crippen LogP contribution < -0.4 is 5.32 Å². The molecule has 0 saturated carbocycles. The van der Waals surface area contributed by atoms with Crippen LogP contribution in [0.2, 0.25) is 0 Å². The average molecular weight is 206 g/mol. The maximum Gasteiger partial charge on any atom is 0.269 e. The van der Waals surface area contributed by atoms with Crippen LogP contribution in [-0.2, 0) is 0 Å². The van der Waals surface area contributed by atoms with Crippen LogP contribution in [0.3, 0.4) is 0 Å². The third-order valence-electron chi connectivity index (χ3n) is 1.97. The highest BCUT2D eigenvalue weighted by Gasteiger charge is 2.02. The second-order valence-electron chi connectivity index (χ2n) is 3.37. The number of nitro benzene ring substituents is 1. The lowest BCUT2D eigenvalue weighted by molar-refractivity contribution is -0.384. The first-order valence-corrected chi connectivity index (χ1v) is 4.69. The maximum atomic E-state index is 10.4. The van der Waals surface area contributed by atoms with Gasteiger partial charge in [-0.15, -0.1) is 0 Å². The summed E-state index contributed by atoms with van der Waals surface area (Å²) in [5.41, 5.74) is 2.29. The van der Waals surface area contributed by atoms with E-state index in [0.29, 0.717) is 0 Å². The molecule has 80 valence electrons. The van der Waals surface area contributed by atoms with E-state index in [0.717, 1.165) is 12.1 Å². The fourth-order valence-corrected chi connectivity index (χ4v) is 1.31. The Kier molecular flexibility index (Phi) is 4.00. The molecule has 1 aromatic carbocycles. The molecule has 0 heterocycles. The Morgan fingerprint density at radius 1 is 1.47 bits per heavy atom. The molecule has 0 unspecified atom stereocenters. The second kappa shape index (κ2) is 5.26. The topological polar surface area (TPSA) is 55.2 Å². The highest BCUT2D eigenvalue weighted by atomic mass is 16.6. The summed E-state index contributed by atoms with van der Waals surface area (Å²) in [6, 6.07) is 6.52. The molecule has 1 N–H and O–H groups in total. The van der Waals surface area contributed by atoms with E-state index in [1.807, 2.05) is 20.0 Å². The molecule has 0 aliphatic carbocycles. The summed E-state index contributed by atoms with van der Waals surface area (Å²) < 4.78 is 0. The normalized spacial score (nSPS) is 11.5. The Labute approximate surface area is 88.8 Å². The molecule has 4 nitrogen and oxygen atoms in total. The summed E-state index contributed by atoms with van der Waals surface area (Å²) in [5.74, 6) is 0. The lowest BCUT2D eigenvalue weighted by Crippen LogP contribution is -2.08. The van der Waals surface area contributed by atoms with Crippen molar-refractivity contribution in [3.63, 3.8) is 0 Å². The van der Waals surface area contributed by atoms with Crippen LogP contribution in [0.1, 0.15) is 12.5 Å². The molecule has 0 atom stereocenters. The van der Waals surface area contributed by atoms with Gasteiger partial charge in [-0.1, -0.05) is 11.6 Å². The Balaban J connectivity index is 2.80. The van der Waals surface area contributed by atoms with E-state index in [2.05, 4.69) is 5.32 Å². The van der Waals surface area contributed by atoms with Gasteiger partial charge in [0.05, 0.1) is 4.92 Å². The van der Waals surface area contributed by atoms with Gasteiger partial charge in [0.1, 0.15) is 0 Å². The molecule has 0 saturated heterocycles. The first kappa shape index (κ1) is 11.4. The Morgan fingerprint density at radius 2 is 2.07 bits per heavy atom. The third kappa shape index (κ3) is 3.52. The molecule has 0 fully saturated rings. The number of non-ortho nitro benzene ring substituents is 1. The van der Waals surface area contributed by atoms with E-state index in [-0.39, 0.29) is 5.69 Å². The number of nitrogens with one attached hydrogen (secondary N) is 1. The third-order valence-corrected chi connectivity index (χ3v) is 1.97. The molecule has 4 heteroatoms. The minimum Gasteiger partial charge on any atom is -0.316 e. The van der Waals surface area contributed by atoms with Gasteiger partial charge in [-0.3, -0.25) is 10.1 Å². The number of nitro groups is 1. The smallest absolute Gasteiger partial charge is 0.269 e. The SMILES string of the molecule is CNCC(C)=Cc1ccc([N+](=O)[O-])cc1. The molecule has 0 amide bonds. The average Bonchev–Trinajstić information content (AvgIpc) is 2.18. The summed E-state index contributed by atoms with van der Waals surface area (Å²) in [7, 11) is 1.88. The van der Waals surface area contributed by atoms with E-state index in [1.54, 1.807) is 12.1 Å². The molecular weight excluding hydrogens is 192 g/mol. The fraction of sp³-hybridized carbons (Fsp3) is 0.273. The zero-order chi connectivity index (χ0) is 11.3. The van der Waals surface area contributed by atoms with E-state index in [9.17, 15) is 10.1 Å². The molecule has 0 radical (unpaired) electrons. The molecule has 1 aromatic rings. The van der Waals surface area contributed by atoms with Crippen molar-refractivity contribution in [3.05, 3.63) is 45.5 Å². The lowest BCUT2D eigenvalue weighted by Gasteiger charge is -1.99. The largest absolute Gasteiger partial charge is 0.316 e. The van der Waals surface area contributed by atoms with E-state index >= 15 is 0 Å². The van der Waals surface area contributed by atoms with Gasteiger partial charge in [-0.05, 0) is 31.7 Å². The van der Waals surface area contributed by atoms with E-state index in [4.69, 9.17) is 0 Å². The van der Waals surface area contributed by atoms with Crippen molar-refractivity contribution in [1.82, 2.24) is 5.32 Å². The summed E-state index contributed by atoms with van der Waals surface area (Å²) in [6.45, 7) is 2.83. The lowest BCUT2D eigenvalue weighted by atomic mass is 10.1. The van der Waals surface area contributed by atoms with Gasteiger partial charge in [0, 0.05) is 18.7 Å². The zero-order valence-corrected chi connectivity index (χ0v) is 8.86. The van der Waals surface area contributed by atoms with Gasteiger partial charge < -0.3 is 5.32 Å². The van der Waals surface area contributed by atoms with Crippen LogP contribution in [0.15, 0.2) is 29.8 Å². The Bertz CT molecular complexity index is 369. The van der Waals surface area contributed by atoms with E-state index in [1.165, 1.54) is 17.7 Å². The van der Waals surface area contributed by atoms with Crippen molar-refractivity contribution in [2.24, 2.45) is 0 Å². The van der Waals surface area contributed by atoms with Gasteiger partial charge in [0.15, 0.2) is 0 Å². The van der Waals surface area contributed by atoms with Crippen molar-refractivity contribution in [1.29, 1.82) is 0 Å². The quantitative estimate of drug-likeness (QED) is 0.607. The number of benzene rings is 1. The molecule has 1 rings (SSSR count). The van der Waals surface area contributed by atoms with Crippen LogP contribution >= 0.6 is 0 Å². The van der Waals surface area contributed by atoms with Crippen LogP contribution in [0.25, 0.3) is 6.08 Å². The van der Waals surface area contributed by atoms with Crippen molar-refractivity contribution >= 4 is 11.8 Å². The van der Waals surface area contributed by atoms with Crippen LogP contribution in [0.5, 0.6) is 0 Å².